The Kier molecular flexibility index (Phi) is 6.50. The molecule has 0 amide bonds. The number of aromatic nitrogens is 1. The van der Waals surface area contributed by atoms with Crippen LogP contribution in [0.4, 0.5) is 4.39 Å². The van der Waals surface area contributed by atoms with Gasteiger partial charge in [-0.2, -0.15) is 0 Å². The highest BCUT2D eigenvalue weighted by atomic mass is 19.1. The van der Waals surface area contributed by atoms with Crippen molar-refractivity contribution in [1.82, 2.24) is 14.8 Å². The molecule has 0 bridgehead atoms. The van der Waals surface area contributed by atoms with Crippen molar-refractivity contribution in [1.29, 1.82) is 0 Å². The smallest absolute Gasteiger partial charge is 0.123 e. The molecule has 134 valence electrons. The number of benzene rings is 1. The second kappa shape index (κ2) is 9.04. The molecule has 1 saturated heterocycles. The Balaban J connectivity index is 1.68. The first-order valence-corrected chi connectivity index (χ1v) is 8.91. The average Bonchev–Trinajstić information content (AvgIpc) is 2.64. The van der Waals surface area contributed by atoms with E-state index < -0.39 is 0 Å². The van der Waals surface area contributed by atoms with Crippen LogP contribution in [0.15, 0.2) is 48.7 Å². The molecular formula is C20H26FN3O. The third-order valence-electron chi connectivity index (χ3n) is 4.66. The molecule has 1 aromatic heterocycles. The van der Waals surface area contributed by atoms with E-state index in [2.05, 4.69) is 21.8 Å². The van der Waals surface area contributed by atoms with Crippen LogP contribution in [0.2, 0.25) is 0 Å². The lowest BCUT2D eigenvalue weighted by atomic mass is 10.0. The summed E-state index contributed by atoms with van der Waals surface area (Å²) in [6.45, 7) is 5.67. The Labute approximate surface area is 149 Å². The van der Waals surface area contributed by atoms with Crippen LogP contribution in [-0.2, 0) is 4.74 Å². The lowest BCUT2D eigenvalue weighted by Crippen LogP contribution is -2.38. The van der Waals surface area contributed by atoms with Crippen molar-refractivity contribution in [3.05, 3.63) is 65.7 Å². The third-order valence-corrected chi connectivity index (χ3v) is 4.66. The fraction of sp³-hybridized carbons (Fsp3) is 0.450. The van der Waals surface area contributed by atoms with Crippen molar-refractivity contribution in [3.63, 3.8) is 0 Å². The standard InChI is InChI=1S/C20H26FN3O/c1-23(10-5-11-24-12-14-25-15-13-24)20(19-8-2-3-9-22-19)17-6-4-7-18(21)16-17/h2-4,6-9,16,20H,5,10-15H2,1H3. The Hall–Kier alpha value is -1.82. The number of morpholine rings is 1. The lowest BCUT2D eigenvalue weighted by Gasteiger charge is -2.30. The van der Waals surface area contributed by atoms with E-state index in [1.807, 2.05) is 24.3 Å². The van der Waals surface area contributed by atoms with Gasteiger partial charge in [-0.25, -0.2) is 4.39 Å². The van der Waals surface area contributed by atoms with Crippen molar-refractivity contribution in [3.8, 4) is 0 Å². The molecule has 0 N–H and O–H groups in total. The van der Waals surface area contributed by atoms with Crippen LogP contribution in [0.5, 0.6) is 0 Å². The first-order valence-electron chi connectivity index (χ1n) is 8.91. The number of hydrogen-bond donors (Lipinski definition) is 0. The van der Waals surface area contributed by atoms with E-state index in [4.69, 9.17) is 4.74 Å². The van der Waals surface area contributed by atoms with Crippen LogP contribution in [0.1, 0.15) is 23.7 Å². The van der Waals surface area contributed by atoms with E-state index in [1.165, 1.54) is 6.07 Å². The van der Waals surface area contributed by atoms with E-state index in [9.17, 15) is 4.39 Å². The molecule has 1 unspecified atom stereocenters. The zero-order chi connectivity index (χ0) is 17.5. The highest BCUT2D eigenvalue weighted by Gasteiger charge is 2.21. The summed E-state index contributed by atoms with van der Waals surface area (Å²) in [5.41, 5.74) is 1.88. The van der Waals surface area contributed by atoms with Crippen LogP contribution in [0.25, 0.3) is 0 Å². The van der Waals surface area contributed by atoms with E-state index in [0.29, 0.717) is 0 Å². The number of ether oxygens (including phenoxy) is 1. The van der Waals surface area contributed by atoms with Gasteiger partial charge >= 0.3 is 0 Å². The summed E-state index contributed by atoms with van der Waals surface area (Å²) in [5, 5.41) is 0. The zero-order valence-electron chi connectivity index (χ0n) is 14.8. The topological polar surface area (TPSA) is 28.6 Å². The number of rotatable bonds is 7. The largest absolute Gasteiger partial charge is 0.379 e. The molecule has 0 saturated carbocycles. The fourth-order valence-corrected chi connectivity index (χ4v) is 3.36. The number of halogens is 1. The maximum Gasteiger partial charge on any atom is 0.123 e. The molecule has 1 aliphatic heterocycles. The van der Waals surface area contributed by atoms with E-state index in [1.54, 1.807) is 18.3 Å². The van der Waals surface area contributed by atoms with E-state index >= 15 is 0 Å². The van der Waals surface area contributed by atoms with Gasteiger partial charge in [0, 0.05) is 25.8 Å². The van der Waals surface area contributed by atoms with Gasteiger partial charge in [0.2, 0.25) is 0 Å². The summed E-state index contributed by atoms with van der Waals surface area (Å²) in [6, 6.07) is 12.7. The predicted octanol–water partition coefficient (Wildman–Crippen LogP) is 2.96. The normalized spacial score (nSPS) is 16.9. The first-order chi connectivity index (χ1) is 12.2. The summed E-state index contributed by atoms with van der Waals surface area (Å²) < 4.78 is 19.1. The molecule has 2 aromatic rings. The number of nitrogens with zero attached hydrogens (tertiary/aromatic N) is 3. The lowest BCUT2D eigenvalue weighted by molar-refractivity contribution is 0.0361. The molecule has 1 aromatic carbocycles. The van der Waals surface area contributed by atoms with E-state index in [-0.39, 0.29) is 11.9 Å². The number of hydrogen-bond acceptors (Lipinski definition) is 4. The van der Waals surface area contributed by atoms with Crippen LogP contribution < -0.4 is 0 Å². The van der Waals surface area contributed by atoms with Crippen molar-refractivity contribution < 1.29 is 9.13 Å². The summed E-state index contributed by atoms with van der Waals surface area (Å²) >= 11 is 0. The second-order valence-electron chi connectivity index (χ2n) is 6.50. The Morgan fingerprint density at radius 2 is 2.04 bits per heavy atom. The number of pyridine rings is 1. The van der Waals surface area contributed by atoms with Crippen LogP contribution >= 0.6 is 0 Å². The van der Waals surface area contributed by atoms with Crippen LogP contribution in [-0.4, -0.2) is 61.2 Å². The summed E-state index contributed by atoms with van der Waals surface area (Å²) in [5.74, 6) is -0.208. The van der Waals surface area contributed by atoms with Crippen LogP contribution in [0, 0.1) is 5.82 Å². The minimum absolute atomic E-state index is 0.0402. The molecule has 3 rings (SSSR count). The molecule has 2 heterocycles. The van der Waals surface area contributed by atoms with Crippen molar-refractivity contribution in [2.24, 2.45) is 0 Å². The molecule has 4 nitrogen and oxygen atoms in total. The molecule has 1 atom stereocenters. The summed E-state index contributed by atoms with van der Waals surface area (Å²) in [6.07, 6.45) is 2.86. The van der Waals surface area contributed by atoms with Crippen molar-refractivity contribution in [2.75, 3.05) is 46.4 Å². The van der Waals surface area contributed by atoms with Gasteiger partial charge in [0.05, 0.1) is 24.9 Å². The Bertz CT molecular complexity index is 646. The molecule has 1 aliphatic rings. The minimum Gasteiger partial charge on any atom is -0.379 e. The average molecular weight is 343 g/mol. The summed E-state index contributed by atoms with van der Waals surface area (Å²) in [4.78, 5) is 9.21. The Morgan fingerprint density at radius 1 is 1.20 bits per heavy atom. The molecule has 0 spiro atoms. The van der Waals surface area contributed by atoms with E-state index in [0.717, 1.165) is 57.1 Å². The highest BCUT2D eigenvalue weighted by molar-refractivity contribution is 5.28. The van der Waals surface area contributed by atoms with Crippen molar-refractivity contribution in [2.45, 2.75) is 12.5 Å². The van der Waals surface area contributed by atoms with Gasteiger partial charge < -0.3 is 4.74 Å². The van der Waals surface area contributed by atoms with Gasteiger partial charge in [-0.15, -0.1) is 0 Å². The van der Waals surface area contributed by atoms with Gasteiger partial charge in [0.1, 0.15) is 5.82 Å². The van der Waals surface area contributed by atoms with Gasteiger partial charge in [-0.3, -0.25) is 14.8 Å². The first kappa shape index (κ1) is 18.0. The zero-order valence-corrected chi connectivity index (χ0v) is 14.8. The maximum atomic E-state index is 13.7. The predicted molar refractivity (Wildman–Crippen MR) is 97.0 cm³/mol. The SMILES string of the molecule is CN(CCCN1CCOCC1)C(c1cccc(F)c1)c1ccccn1. The quantitative estimate of drug-likeness (QED) is 0.773. The van der Waals surface area contributed by atoms with Gasteiger partial charge in [-0.05, 0) is 49.8 Å². The molecule has 5 heteroatoms. The summed E-state index contributed by atoms with van der Waals surface area (Å²) in [7, 11) is 2.09. The molecule has 25 heavy (non-hydrogen) atoms. The molecule has 1 fully saturated rings. The molecular weight excluding hydrogens is 317 g/mol. The van der Waals surface area contributed by atoms with Gasteiger partial charge in [-0.1, -0.05) is 18.2 Å². The Morgan fingerprint density at radius 3 is 2.76 bits per heavy atom. The monoisotopic (exact) mass is 343 g/mol. The second-order valence-corrected chi connectivity index (χ2v) is 6.50. The third kappa shape index (κ3) is 5.08. The minimum atomic E-state index is -0.208. The van der Waals surface area contributed by atoms with Gasteiger partial charge in [0.25, 0.3) is 0 Å². The highest BCUT2D eigenvalue weighted by Crippen LogP contribution is 2.26. The van der Waals surface area contributed by atoms with Crippen molar-refractivity contribution >= 4 is 0 Å². The van der Waals surface area contributed by atoms with Gasteiger partial charge in [0.15, 0.2) is 0 Å². The molecule has 0 radical (unpaired) electrons. The fourth-order valence-electron chi connectivity index (χ4n) is 3.36. The van der Waals surface area contributed by atoms with Crippen LogP contribution in [0.3, 0.4) is 0 Å². The molecule has 0 aliphatic carbocycles. The maximum absolute atomic E-state index is 13.7.